The van der Waals surface area contributed by atoms with Gasteiger partial charge < -0.3 is 10.3 Å². The maximum absolute atomic E-state index is 13.5. The third kappa shape index (κ3) is 3.50. The molecule has 0 fully saturated rings. The van der Waals surface area contributed by atoms with Gasteiger partial charge in [0.05, 0.1) is 12.0 Å². The van der Waals surface area contributed by atoms with E-state index in [0.717, 1.165) is 52.0 Å². The summed E-state index contributed by atoms with van der Waals surface area (Å²) in [5, 5.41) is 5.19. The third-order valence-electron chi connectivity index (χ3n) is 6.04. The first-order chi connectivity index (χ1) is 14.7. The molecule has 1 aromatic heterocycles. The molecule has 150 valence electrons. The number of rotatable bonds is 4. The number of hydrogen-bond acceptors (Lipinski definition) is 1. The fraction of sp³-hybridized carbons (Fsp3) is 0.192. The fourth-order valence-electron chi connectivity index (χ4n) is 4.59. The summed E-state index contributed by atoms with van der Waals surface area (Å²) in [4.78, 5) is 17.0. The molecule has 0 radical (unpaired) electrons. The summed E-state index contributed by atoms with van der Waals surface area (Å²) >= 11 is 6.23. The number of aromatic amines is 1. The lowest BCUT2D eigenvalue weighted by atomic mass is 9.85. The van der Waals surface area contributed by atoms with Crippen molar-refractivity contribution in [1.29, 1.82) is 0 Å². The third-order valence-corrected chi connectivity index (χ3v) is 6.27. The SMILES string of the molecule is O=C(NC(c1ccccc1)c1ccccc1)[C@@H]1CCCc2c1[nH]c1ccc(Cl)cc21. The molecule has 0 bridgehead atoms. The van der Waals surface area contributed by atoms with Crippen LogP contribution in [0.4, 0.5) is 0 Å². The lowest BCUT2D eigenvalue weighted by Gasteiger charge is -2.26. The van der Waals surface area contributed by atoms with Crippen LogP contribution in [0.25, 0.3) is 10.9 Å². The monoisotopic (exact) mass is 414 g/mol. The van der Waals surface area contributed by atoms with Crippen molar-refractivity contribution >= 4 is 28.4 Å². The molecule has 1 atom stereocenters. The maximum atomic E-state index is 13.5. The Morgan fingerprint density at radius 2 is 1.63 bits per heavy atom. The van der Waals surface area contributed by atoms with Gasteiger partial charge in [-0.05, 0) is 54.2 Å². The summed E-state index contributed by atoms with van der Waals surface area (Å²) in [6.45, 7) is 0. The van der Waals surface area contributed by atoms with Crippen LogP contribution in [0.2, 0.25) is 5.02 Å². The van der Waals surface area contributed by atoms with Crippen LogP contribution in [0, 0.1) is 0 Å². The molecule has 1 aliphatic rings. The molecule has 0 unspecified atom stereocenters. The Labute approximate surface area is 181 Å². The van der Waals surface area contributed by atoms with Crippen molar-refractivity contribution in [2.24, 2.45) is 0 Å². The summed E-state index contributed by atoms with van der Waals surface area (Å²) in [6, 6.07) is 26.0. The molecular weight excluding hydrogens is 392 g/mol. The Morgan fingerprint density at radius 1 is 0.967 bits per heavy atom. The number of carbonyl (C=O) groups is 1. The number of carbonyl (C=O) groups excluding carboxylic acids is 1. The van der Waals surface area contributed by atoms with Gasteiger partial charge >= 0.3 is 0 Å². The normalized spacial score (nSPS) is 15.9. The number of halogens is 1. The summed E-state index contributed by atoms with van der Waals surface area (Å²) < 4.78 is 0. The number of H-pyrrole nitrogens is 1. The summed E-state index contributed by atoms with van der Waals surface area (Å²) in [5.41, 5.74) is 5.48. The fourth-order valence-corrected chi connectivity index (χ4v) is 4.76. The molecule has 5 rings (SSSR count). The zero-order chi connectivity index (χ0) is 20.5. The van der Waals surface area contributed by atoms with Gasteiger partial charge in [0.15, 0.2) is 0 Å². The highest BCUT2D eigenvalue weighted by molar-refractivity contribution is 6.31. The average Bonchev–Trinajstić information content (AvgIpc) is 3.16. The van der Waals surface area contributed by atoms with Crippen molar-refractivity contribution in [3.8, 4) is 0 Å². The number of fused-ring (bicyclic) bond motifs is 3. The smallest absolute Gasteiger partial charge is 0.229 e. The predicted molar refractivity (Wildman–Crippen MR) is 122 cm³/mol. The standard InChI is InChI=1S/C26H23ClN2O/c27-19-14-15-23-22(16-19)20-12-7-13-21(25(20)28-23)26(30)29-24(17-8-3-1-4-9-17)18-10-5-2-6-11-18/h1-6,8-11,14-16,21,24,28H,7,12-13H2,(H,29,30)/t21-/m1/s1. The second-order valence-corrected chi connectivity index (χ2v) is 8.35. The Balaban J connectivity index is 1.49. The Kier molecular flexibility index (Phi) is 5.06. The molecule has 1 amide bonds. The largest absolute Gasteiger partial charge is 0.357 e. The van der Waals surface area contributed by atoms with Gasteiger partial charge in [-0.3, -0.25) is 4.79 Å². The van der Waals surface area contributed by atoms with E-state index in [4.69, 9.17) is 11.6 Å². The predicted octanol–water partition coefficient (Wildman–Crippen LogP) is 6.15. The highest BCUT2D eigenvalue weighted by Gasteiger charge is 2.31. The van der Waals surface area contributed by atoms with E-state index in [1.54, 1.807) is 0 Å². The van der Waals surface area contributed by atoms with Gasteiger partial charge in [0.1, 0.15) is 0 Å². The first-order valence-electron chi connectivity index (χ1n) is 10.4. The molecule has 30 heavy (non-hydrogen) atoms. The van der Waals surface area contributed by atoms with Gasteiger partial charge in [0.2, 0.25) is 5.91 Å². The zero-order valence-electron chi connectivity index (χ0n) is 16.6. The molecule has 3 aromatic carbocycles. The molecular formula is C26H23ClN2O. The molecule has 2 N–H and O–H groups in total. The van der Waals surface area contributed by atoms with Crippen molar-refractivity contribution in [2.75, 3.05) is 0 Å². The van der Waals surface area contributed by atoms with E-state index >= 15 is 0 Å². The Bertz CT molecular complexity index is 1140. The van der Waals surface area contributed by atoms with Crippen LogP contribution >= 0.6 is 11.6 Å². The van der Waals surface area contributed by atoms with Crippen LogP contribution in [0.3, 0.4) is 0 Å². The second kappa shape index (κ2) is 8.00. The number of hydrogen-bond donors (Lipinski definition) is 2. The van der Waals surface area contributed by atoms with Crippen LogP contribution in [0.15, 0.2) is 78.9 Å². The van der Waals surface area contributed by atoms with E-state index in [9.17, 15) is 4.79 Å². The van der Waals surface area contributed by atoms with Crippen LogP contribution < -0.4 is 5.32 Å². The van der Waals surface area contributed by atoms with Gasteiger partial charge in [0.25, 0.3) is 0 Å². The Morgan fingerprint density at radius 3 is 2.30 bits per heavy atom. The first-order valence-corrected chi connectivity index (χ1v) is 10.8. The highest BCUT2D eigenvalue weighted by atomic mass is 35.5. The minimum absolute atomic E-state index is 0.0614. The molecule has 4 aromatic rings. The van der Waals surface area contributed by atoms with Gasteiger partial charge in [-0.15, -0.1) is 0 Å². The number of aryl methyl sites for hydroxylation is 1. The van der Waals surface area contributed by atoms with E-state index in [1.165, 1.54) is 5.56 Å². The summed E-state index contributed by atoms with van der Waals surface area (Å²) in [5.74, 6) is -0.124. The quantitative estimate of drug-likeness (QED) is 0.413. The minimum Gasteiger partial charge on any atom is -0.357 e. The molecule has 1 aliphatic carbocycles. The van der Waals surface area contributed by atoms with Crippen molar-refractivity contribution < 1.29 is 4.79 Å². The molecule has 0 spiro atoms. The number of benzene rings is 3. The lowest BCUT2D eigenvalue weighted by molar-refractivity contribution is -0.123. The topological polar surface area (TPSA) is 44.9 Å². The minimum atomic E-state index is -0.185. The maximum Gasteiger partial charge on any atom is 0.229 e. The lowest BCUT2D eigenvalue weighted by Crippen LogP contribution is -2.35. The number of amides is 1. The van der Waals surface area contributed by atoms with E-state index in [-0.39, 0.29) is 17.9 Å². The molecule has 0 saturated carbocycles. The van der Waals surface area contributed by atoms with Crippen molar-refractivity contribution in [1.82, 2.24) is 10.3 Å². The second-order valence-electron chi connectivity index (χ2n) is 7.91. The summed E-state index contributed by atoms with van der Waals surface area (Å²) in [7, 11) is 0. The number of nitrogens with one attached hydrogen (secondary N) is 2. The molecule has 0 saturated heterocycles. The van der Waals surface area contributed by atoms with Gasteiger partial charge in [0, 0.05) is 21.6 Å². The zero-order valence-corrected chi connectivity index (χ0v) is 17.3. The van der Waals surface area contributed by atoms with E-state index in [0.29, 0.717) is 0 Å². The van der Waals surface area contributed by atoms with Crippen LogP contribution in [0.5, 0.6) is 0 Å². The van der Waals surface area contributed by atoms with Gasteiger partial charge in [-0.1, -0.05) is 72.3 Å². The van der Waals surface area contributed by atoms with E-state index in [2.05, 4.69) is 34.6 Å². The van der Waals surface area contributed by atoms with Crippen molar-refractivity contribution in [3.63, 3.8) is 0 Å². The summed E-state index contributed by atoms with van der Waals surface area (Å²) in [6.07, 6.45) is 2.81. The molecule has 0 aliphatic heterocycles. The van der Waals surface area contributed by atoms with Crippen molar-refractivity contribution in [3.05, 3.63) is 106 Å². The van der Waals surface area contributed by atoms with E-state index in [1.807, 2.05) is 54.6 Å². The van der Waals surface area contributed by atoms with Crippen LogP contribution in [-0.2, 0) is 11.2 Å². The van der Waals surface area contributed by atoms with Gasteiger partial charge in [-0.25, -0.2) is 0 Å². The van der Waals surface area contributed by atoms with Crippen molar-refractivity contribution in [2.45, 2.75) is 31.2 Å². The average molecular weight is 415 g/mol. The molecule has 1 heterocycles. The Hall–Kier alpha value is -3.04. The number of aromatic nitrogens is 1. The van der Waals surface area contributed by atoms with E-state index < -0.39 is 0 Å². The van der Waals surface area contributed by atoms with Crippen LogP contribution in [-0.4, -0.2) is 10.9 Å². The first kappa shape index (κ1) is 19.0. The van der Waals surface area contributed by atoms with Gasteiger partial charge in [-0.2, -0.15) is 0 Å². The molecule has 3 nitrogen and oxygen atoms in total. The molecule has 4 heteroatoms. The van der Waals surface area contributed by atoms with Crippen LogP contribution in [0.1, 0.15) is 47.2 Å². The highest BCUT2D eigenvalue weighted by Crippen LogP contribution is 2.37.